The quantitative estimate of drug-likeness (QED) is 0.821. The predicted octanol–water partition coefficient (Wildman–Crippen LogP) is 3.04. The standard InChI is InChI=1S/C14H18F3NO3/c1-9(2)8-18-12(13(19)20-3)10-5-4-6-11(7-10)21-14(15,16)17/h4-7,9,12,18H,8H2,1-3H3. The molecule has 1 N–H and O–H groups in total. The summed E-state index contributed by atoms with van der Waals surface area (Å²) in [6.07, 6.45) is -4.77. The molecule has 0 aliphatic carbocycles. The van der Waals surface area contributed by atoms with Crippen LogP contribution in [0.3, 0.4) is 0 Å². The minimum Gasteiger partial charge on any atom is -0.468 e. The second kappa shape index (κ2) is 7.31. The molecule has 1 rings (SSSR count). The second-order valence-corrected chi connectivity index (χ2v) is 4.88. The van der Waals surface area contributed by atoms with Crippen LogP contribution in [-0.2, 0) is 9.53 Å². The normalized spacial score (nSPS) is 13.1. The van der Waals surface area contributed by atoms with Gasteiger partial charge >= 0.3 is 12.3 Å². The highest BCUT2D eigenvalue weighted by molar-refractivity contribution is 5.77. The van der Waals surface area contributed by atoms with Gasteiger partial charge in [0.15, 0.2) is 0 Å². The SMILES string of the molecule is COC(=O)C(NCC(C)C)c1cccc(OC(F)(F)F)c1. The van der Waals surface area contributed by atoms with Crippen molar-refractivity contribution in [1.29, 1.82) is 0 Å². The number of benzene rings is 1. The van der Waals surface area contributed by atoms with E-state index in [4.69, 9.17) is 0 Å². The summed E-state index contributed by atoms with van der Waals surface area (Å²) in [4.78, 5) is 11.8. The lowest BCUT2D eigenvalue weighted by Crippen LogP contribution is -2.32. The van der Waals surface area contributed by atoms with Gasteiger partial charge in [0.25, 0.3) is 0 Å². The van der Waals surface area contributed by atoms with Gasteiger partial charge in [0.2, 0.25) is 0 Å². The number of halogens is 3. The van der Waals surface area contributed by atoms with Crippen LogP contribution >= 0.6 is 0 Å². The lowest BCUT2D eigenvalue weighted by Gasteiger charge is -2.19. The lowest BCUT2D eigenvalue weighted by molar-refractivity contribution is -0.274. The van der Waals surface area contributed by atoms with Crippen LogP contribution in [0.4, 0.5) is 13.2 Å². The fraction of sp³-hybridized carbons (Fsp3) is 0.500. The molecule has 0 heterocycles. The molecule has 1 unspecified atom stereocenters. The van der Waals surface area contributed by atoms with Gasteiger partial charge in [-0.25, -0.2) is 4.79 Å². The van der Waals surface area contributed by atoms with Crippen molar-refractivity contribution in [3.8, 4) is 5.75 Å². The van der Waals surface area contributed by atoms with Crippen LogP contribution < -0.4 is 10.1 Å². The number of carbonyl (C=O) groups excluding carboxylic acids is 1. The molecule has 0 fully saturated rings. The summed E-state index contributed by atoms with van der Waals surface area (Å²) < 4.78 is 45.2. The predicted molar refractivity (Wildman–Crippen MR) is 70.7 cm³/mol. The van der Waals surface area contributed by atoms with E-state index in [0.29, 0.717) is 12.1 Å². The second-order valence-electron chi connectivity index (χ2n) is 4.88. The van der Waals surface area contributed by atoms with Gasteiger partial charge in [-0.2, -0.15) is 0 Å². The molecule has 0 aromatic heterocycles. The van der Waals surface area contributed by atoms with Gasteiger partial charge in [-0.15, -0.1) is 13.2 Å². The van der Waals surface area contributed by atoms with Crippen LogP contribution in [0.1, 0.15) is 25.5 Å². The molecule has 1 aromatic carbocycles. The Morgan fingerprint density at radius 1 is 1.33 bits per heavy atom. The molecular weight excluding hydrogens is 287 g/mol. The van der Waals surface area contributed by atoms with Crippen LogP contribution in [0, 0.1) is 5.92 Å². The number of hydrogen-bond acceptors (Lipinski definition) is 4. The summed E-state index contributed by atoms with van der Waals surface area (Å²) in [5.74, 6) is -0.674. The summed E-state index contributed by atoms with van der Waals surface area (Å²) in [5, 5.41) is 2.96. The largest absolute Gasteiger partial charge is 0.573 e. The van der Waals surface area contributed by atoms with Gasteiger partial charge in [0, 0.05) is 0 Å². The Morgan fingerprint density at radius 3 is 2.52 bits per heavy atom. The van der Waals surface area contributed by atoms with Crippen LogP contribution in [0.15, 0.2) is 24.3 Å². The van der Waals surface area contributed by atoms with Crippen LogP contribution in [0.5, 0.6) is 5.75 Å². The number of hydrogen-bond donors (Lipinski definition) is 1. The van der Waals surface area contributed by atoms with E-state index in [2.05, 4.69) is 14.8 Å². The Bertz CT molecular complexity index is 475. The first-order valence-electron chi connectivity index (χ1n) is 6.40. The molecule has 1 atom stereocenters. The molecule has 0 amide bonds. The summed E-state index contributed by atoms with van der Waals surface area (Å²) in [5.41, 5.74) is 0.351. The molecule has 0 saturated carbocycles. The Hall–Kier alpha value is -1.76. The highest BCUT2D eigenvalue weighted by atomic mass is 19.4. The van der Waals surface area contributed by atoms with Gasteiger partial charge in [-0.05, 0) is 30.2 Å². The monoisotopic (exact) mass is 305 g/mol. The molecule has 118 valence electrons. The van der Waals surface area contributed by atoms with Gasteiger partial charge in [0.1, 0.15) is 11.8 Å². The Morgan fingerprint density at radius 2 is 2.00 bits per heavy atom. The fourth-order valence-electron chi connectivity index (χ4n) is 1.70. The average molecular weight is 305 g/mol. The van der Waals surface area contributed by atoms with Crippen molar-refractivity contribution in [3.63, 3.8) is 0 Å². The third-order valence-corrected chi connectivity index (χ3v) is 2.59. The van der Waals surface area contributed by atoms with Crippen molar-refractivity contribution < 1.29 is 27.4 Å². The number of methoxy groups -OCH3 is 1. The number of carbonyl (C=O) groups is 1. The van der Waals surface area contributed by atoms with Crippen molar-refractivity contribution in [2.24, 2.45) is 5.92 Å². The van der Waals surface area contributed by atoms with Crippen LogP contribution in [0.2, 0.25) is 0 Å². The zero-order valence-corrected chi connectivity index (χ0v) is 12.0. The minimum absolute atomic E-state index is 0.270. The number of alkyl halides is 3. The van der Waals surface area contributed by atoms with Crippen molar-refractivity contribution in [3.05, 3.63) is 29.8 Å². The highest BCUT2D eigenvalue weighted by Gasteiger charge is 2.31. The molecule has 0 aliphatic heterocycles. The Labute approximate surface area is 121 Å². The maximum Gasteiger partial charge on any atom is 0.573 e. The maximum absolute atomic E-state index is 12.2. The first-order chi connectivity index (χ1) is 9.73. The van der Waals surface area contributed by atoms with Gasteiger partial charge in [-0.3, -0.25) is 0 Å². The maximum atomic E-state index is 12.2. The summed E-state index contributed by atoms with van der Waals surface area (Å²) in [6.45, 7) is 4.42. The van der Waals surface area contributed by atoms with Crippen LogP contribution in [-0.4, -0.2) is 26.0 Å². The number of ether oxygens (including phenoxy) is 2. The smallest absolute Gasteiger partial charge is 0.468 e. The van der Waals surface area contributed by atoms with Crippen molar-refractivity contribution in [1.82, 2.24) is 5.32 Å². The molecule has 0 radical (unpaired) electrons. The molecule has 0 bridgehead atoms. The molecule has 0 spiro atoms. The summed E-state index contributed by atoms with van der Waals surface area (Å²) in [7, 11) is 1.22. The number of nitrogens with one attached hydrogen (secondary N) is 1. The Balaban J connectivity index is 2.96. The van der Waals surface area contributed by atoms with E-state index in [1.807, 2.05) is 13.8 Å². The number of esters is 1. The fourth-order valence-corrected chi connectivity index (χ4v) is 1.70. The molecule has 21 heavy (non-hydrogen) atoms. The zero-order chi connectivity index (χ0) is 16.0. The van der Waals surface area contributed by atoms with Crippen LogP contribution in [0.25, 0.3) is 0 Å². The third kappa shape index (κ3) is 6.03. The van der Waals surface area contributed by atoms with E-state index in [1.165, 1.54) is 31.4 Å². The first kappa shape index (κ1) is 17.3. The van der Waals surface area contributed by atoms with Crippen molar-refractivity contribution >= 4 is 5.97 Å². The molecule has 4 nitrogen and oxygen atoms in total. The van der Waals surface area contributed by atoms with Crippen molar-refractivity contribution in [2.45, 2.75) is 26.3 Å². The van der Waals surface area contributed by atoms with E-state index >= 15 is 0 Å². The molecule has 0 aliphatic rings. The van der Waals surface area contributed by atoms with Gasteiger partial charge < -0.3 is 14.8 Å². The third-order valence-electron chi connectivity index (χ3n) is 2.59. The first-order valence-corrected chi connectivity index (χ1v) is 6.40. The van der Waals surface area contributed by atoms with E-state index in [1.54, 1.807) is 0 Å². The summed E-state index contributed by atoms with van der Waals surface area (Å²) >= 11 is 0. The molecule has 7 heteroatoms. The molecule has 0 saturated heterocycles. The average Bonchev–Trinajstić information content (AvgIpc) is 2.36. The lowest BCUT2D eigenvalue weighted by atomic mass is 10.1. The van der Waals surface area contributed by atoms with Crippen molar-refractivity contribution in [2.75, 3.05) is 13.7 Å². The van der Waals surface area contributed by atoms with E-state index in [9.17, 15) is 18.0 Å². The van der Waals surface area contributed by atoms with Gasteiger partial charge in [-0.1, -0.05) is 26.0 Å². The highest BCUT2D eigenvalue weighted by Crippen LogP contribution is 2.26. The minimum atomic E-state index is -4.77. The Kier molecular flexibility index (Phi) is 6.02. The molecule has 1 aromatic rings. The number of rotatable bonds is 6. The summed E-state index contributed by atoms with van der Waals surface area (Å²) in [6, 6.07) is 4.44. The van der Waals surface area contributed by atoms with Gasteiger partial charge in [0.05, 0.1) is 7.11 Å². The topological polar surface area (TPSA) is 47.6 Å². The van der Waals surface area contributed by atoms with E-state index in [-0.39, 0.29) is 11.7 Å². The molecular formula is C14H18F3NO3. The zero-order valence-electron chi connectivity index (χ0n) is 12.0. The van der Waals surface area contributed by atoms with E-state index in [0.717, 1.165) is 0 Å². The van der Waals surface area contributed by atoms with E-state index < -0.39 is 18.4 Å².